The van der Waals surface area contributed by atoms with Gasteiger partial charge >= 0.3 is 7.12 Å². The number of rotatable bonds is 8. The zero-order chi connectivity index (χ0) is 17.2. The second-order valence-corrected chi connectivity index (χ2v) is 5.69. The Morgan fingerprint density at radius 2 is 1.74 bits per heavy atom. The van der Waals surface area contributed by atoms with Crippen LogP contribution < -0.4 is 10.6 Å². The summed E-state index contributed by atoms with van der Waals surface area (Å²) in [7, 11) is -1.64. The lowest BCUT2D eigenvalue weighted by atomic mass is 9.75. The summed E-state index contributed by atoms with van der Waals surface area (Å²) in [5.74, 6) is -1.51. The highest BCUT2D eigenvalue weighted by Crippen LogP contribution is 2.05. The van der Waals surface area contributed by atoms with Gasteiger partial charge < -0.3 is 20.7 Å². The molecule has 0 heterocycles. The van der Waals surface area contributed by atoms with Crippen molar-refractivity contribution in [2.75, 3.05) is 0 Å². The van der Waals surface area contributed by atoms with E-state index in [0.29, 0.717) is 13.0 Å². The number of amides is 2. The van der Waals surface area contributed by atoms with Crippen LogP contribution in [0.25, 0.3) is 0 Å². The van der Waals surface area contributed by atoms with Crippen LogP contribution in [0.5, 0.6) is 0 Å². The molecule has 0 aliphatic carbocycles. The zero-order valence-corrected chi connectivity index (χ0v) is 13.4. The molecule has 23 heavy (non-hydrogen) atoms. The second-order valence-electron chi connectivity index (χ2n) is 5.69. The third-order valence-electron chi connectivity index (χ3n) is 3.11. The van der Waals surface area contributed by atoms with Crippen molar-refractivity contribution in [3.05, 3.63) is 48.0 Å². The first-order chi connectivity index (χ1) is 10.9. The minimum Gasteiger partial charge on any atom is -0.426 e. The molecule has 4 N–H and O–H groups in total. The molecular formula is C16H23BN2O4. The predicted molar refractivity (Wildman–Crippen MR) is 89.0 cm³/mol. The number of hydrogen-bond acceptors (Lipinski definition) is 4. The van der Waals surface area contributed by atoms with Crippen molar-refractivity contribution in [2.24, 2.45) is 5.92 Å². The molecule has 0 aliphatic rings. The molecular weight excluding hydrogens is 295 g/mol. The molecule has 0 radical (unpaired) electrons. The Hall–Kier alpha value is -2.12. The summed E-state index contributed by atoms with van der Waals surface area (Å²) in [6.07, 6.45) is 2.63. The number of benzene rings is 1. The van der Waals surface area contributed by atoms with Crippen molar-refractivity contribution in [3.8, 4) is 0 Å². The summed E-state index contributed by atoms with van der Waals surface area (Å²) < 4.78 is 0. The molecule has 1 rings (SSSR count). The van der Waals surface area contributed by atoms with Crippen LogP contribution in [0, 0.1) is 5.92 Å². The van der Waals surface area contributed by atoms with Gasteiger partial charge in [0.15, 0.2) is 0 Å². The van der Waals surface area contributed by atoms with E-state index in [1.54, 1.807) is 0 Å². The number of carbonyl (C=O) groups excluding carboxylic acids is 2. The van der Waals surface area contributed by atoms with Gasteiger partial charge in [0, 0.05) is 18.7 Å². The maximum Gasteiger partial charge on any atom is 0.475 e. The number of hydrogen-bond donors (Lipinski definition) is 4. The molecule has 1 aromatic carbocycles. The summed E-state index contributed by atoms with van der Waals surface area (Å²) in [5, 5.41) is 23.6. The van der Waals surface area contributed by atoms with Gasteiger partial charge in [-0.1, -0.05) is 44.2 Å². The van der Waals surface area contributed by atoms with E-state index in [-0.39, 0.29) is 5.92 Å². The molecule has 1 atom stereocenters. The molecule has 7 heteroatoms. The van der Waals surface area contributed by atoms with Crippen molar-refractivity contribution in [3.63, 3.8) is 0 Å². The Morgan fingerprint density at radius 1 is 1.13 bits per heavy atom. The van der Waals surface area contributed by atoms with Crippen LogP contribution in [-0.2, 0) is 16.1 Å². The van der Waals surface area contributed by atoms with Gasteiger partial charge in [-0.3, -0.25) is 9.59 Å². The monoisotopic (exact) mass is 318 g/mol. The summed E-state index contributed by atoms with van der Waals surface area (Å²) in [6.45, 7) is 4.19. The lowest BCUT2D eigenvalue weighted by Gasteiger charge is -2.18. The van der Waals surface area contributed by atoms with E-state index in [1.807, 2.05) is 44.2 Å². The van der Waals surface area contributed by atoms with Gasteiger partial charge in [-0.25, -0.2) is 0 Å². The first kappa shape index (κ1) is 18.9. The van der Waals surface area contributed by atoms with Crippen LogP contribution in [0.4, 0.5) is 0 Å². The summed E-state index contributed by atoms with van der Waals surface area (Å²) >= 11 is 0. The standard InChI is InChI=1S/C16H23BN2O4/c1-12(2)10-14(17(22)23)19-16(21)9-8-15(20)18-11-13-6-4-3-5-7-13/h3-9,12,14,22-23H,10-11H2,1-2H3,(H,18,20)(H,19,21). The van der Waals surface area contributed by atoms with Gasteiger partial charge in [0.1, 0.15) is 0 Å². The van der Waals surface area contributed by atoms with E-state index in [2.05, 4.69) is 10.6 Å². The van der Waals surface area contributed by atoms with Crippen LogP contribution in [0.1, 0.15) is 25.8 Å². The van der Waals surface area contributed by atoms with Gasteiger partial charge in [0.05, 0.1) is 5.94 Å². The van der Waals surface area contributed by atoms with E-state index >= 15 is 0 Å². The minimum absolute atomic E-state index is 0.195. The second kappa shape index (κ2) is 9.81. The fourth-order valence-corrected chi connectivity index (χ4v) is 1.99. The van der Waals surface area contributed by atoms with Crippen LogP contribution in [0.15, 0.2) is 42.5 Å². The first-order valence-electron chi connectivity index (χ1n) is 7.55. The lowest BCUT2D eigenvalue weighted by Crippen LogP contribution is -2.46. The minimum atomic E-state index is -1.64. The quantitative estimate of drug-likeness (QED) is 0.412. The summed E-state index contributed by atoms with van der Waals surface area (Å²) in [5.41, 5.74) is 0.958. The Labute approximate surface area is 136 Å². The van der Waals surface area contributed by atoms with Gasteiger partial charge in [0.2, 0.25) is 11.8 Å². The molecule has 124 valence electrons. The maximum absolute atomic E-state index is 11.7. The van der Waals surface area contributed by atoms with E-state index in [9.17, 15) is 19.6 Å². The van der Waals surface area contributed by atoms with Crippen LogP contribution in [-0.4, -0.2) is 34.9 Å². The van der Waals surface area contributed by atoms with Crippen molar-refractivity contribution < 1.29 is 19.6 Å². The van der Waals surface area contributed by atoms with E-state index in [4.69, 9.17) is 0 Å². The summed E-state index contributed by atoms with van der Waals surface area (Å²) in [6, 6.07) is 9.41. The van der Waals surface area contributed by atoms with E-state index in [1.165, 1.54) is 0 Å². The third kappa shape index (κ3) is 8.18. The maximum atomic E-state index is 11.7. The smallest absolute Gasteiger partial charge is 0.426 e. The highest BCUT2D eigenvalue weighted by Gasteiger charge is 2.25. The van der Waals surface area contributed by atoms with Crippen molar-refractivity contribution in [1.29, 1.82) is 0 Å². The van der Waals surface area contributed by atoms with E-state index in [0.717, 1.165) is 17.7 Å². The summed E-state index contributed by atoms with van der Waals surface area (Å²) in [4.78, 5) is 23.4. The highest BCUT2D eigenvalue weighted by molar-refractivity contribution is 6.43. The fraction of sp³-hybridized carbons (Fsp3) is 0.375. The van der Waals surface area contributed by atoms with Gasteiger partial charge in [-0.15, -0.1) is 0 Å². The molecule has 0 bridgehead atoms. The topological polar surface area (TPSA) is 98.7 Å². The number of carbonyl (C=O) groups is 2. The van der Waals surface area contributed by atoms with Crippen molar-refractivity contribution in [1.82, 2.24) is 10.6 Å². The van der Waals surface area contributed by atoms with E-state index < -0.39 is 24.9 Å². The first-order valence-corrected chi connectivity index (χ1v) is 7.55. The fourth-order valence-electron chi connectivity index (χ4n) is 1.99. The van der Waals surface area contributed by atoms with Gasteiger partial charge in [-0.05, 0) is 17.9 Å². The normalized spacial score (nSPS) is 12.2. The average molecular weight is 318 g/mol. The molecule has 2 amide bonds. The van der Waals surface area contributed by atoms with Crippen LogP contribution >= 0.6 is 0 Å². The largest absolute Gasteiger partial charge is 0.475 e. The molecule has 1 aromatic rings. The Bertz CT molecular complexity index is 532. The highest BCUT2D eigenvalue weighted by atomic mass is 16.4. The van der Waals surface area contributed by atoms with Crippen LogP contribution in [0.2, 0.25) is 0 Å². The van der Waals surface area contributed by atoms with Gasteiger partial charge in [-0.2, -0.15) is 0 Å². The molecule has 0 fully saturated rings. The number of nitrogens with one attached hydrogen (secondary N) is 2. The van der Waals surface area contributed by atoms with Crippen molar-refractivity contribution >= 4 is 18.9 Å². The zero-order valence-electron chi connectivity index (χ0n) is 13.4. The lowest BCUT2D eigenvalue weighted by molar-refractivity contribution is -0.119. The Kier molecular flexibility index (Phi) is 8.08. The Balaban J connectivity index is 2.42. The van der Waals surface area contributed by atoms with Gasteiger partial charge in [0.25, 0.3) is 0 Å². The molecule has 0 saturated carbocycles. The molecule has 0 saturated heterocycles. The third-order valence-corrected chi connectivity index (χ3v) is 3.11. The molecule has 1 unspecified atom stereocenters. The van der Waals surface area contributed by atoms with Crippen molar-refractivity contribution in [2.45, 2.75) is 32.8 Å². The predicted octanol–water partition coefficient (Wildman–Crippen LogP) is 0.402. The molecule has 0 aromatic heterocycles. The van der Waals surface area contributed by atoms with Crippen LogP contribution in [0.3, 0.4) is 0 Å². The molecule has 6 nitrogen and oxygen atoms in total. The Morgan fingerprint density at radius 3 is 2.30 bits per heavy atom. The SMILES string of the molecule is CC(C)CC(NC(=O)C=CC(=O)NCc1ccccc1)B(O)O. The molecule has 0 spiro atoms. The molecule has 0 aliphatic heterocycles. The average Bonchev–Trinajstić information content (AvgIpc) is 2.50.